The van der Waals surface area contributed by atoms with Crippen LogP contribution in [0.2, 0.25) is 25.7 Å². The van der Waals surface area contributed by atoms with Gasteiger partial charge in [-0.15, -0.1) is 0 Å². The molecule has 1 fully saturated rings. The highest BCUT2D eigenvalue weighted by Gasteiger charge is 2.47. The number of benzene rings is 2. The molecule has 170 valence electrons. The second kappa shape index (κ2) is 11.3. The van der Waals surface area contributed by atoms with Gasteiger partial charge in [-0.1, -0.05) is 80.3 Å². The van der Waals surface area contributed by atoms with Crippen molar-refractivity contribution in [1.82, 2.24) is 0 Å². The zero-order valence-corrected chi connectivity index (χ0v) is 20.0. The highest BCUT2D eigenvalue weighted by molar-refractivity contribution is 6.76. The van der Waals surface area contributed by atoms with Gasteiger partial charge < -0.3 is 18.9 Å². The molecule has 0 saturated carbocycles. The van der Waals surface area contributed by atoms with E-state index in [1.54, 1.807) is 0 Å². The monoisotopic (exact) mass is 446 g/mol. The summed E-state index contributed by atoms with van der Waals surface area (Å²) in [5.74, 6) is 0. The summed E-state index contributed by atoms with van der Waals surface area (Å²) in [6.07, 6.45) is -4.03. The first-order valence-electron chi connectivity index (χ1n) is 11.1. The van der Waals surface area contributed by atoms with Crippen molar-refractivity contribution in [2.24, 2.45) is 0 Å². The molecule has 0 radical (unpaired) electrons. The maximum absolute atomic E-state index is 15.5. The molecular formula is C25H35FO4Si. The maximum Gasteiger partial charge on any atom is 0.191 e. The first-order chi connectivity index (χ1) is 14.8. The van der Waals surface area contributed by atoms with Crippen molar-refractivity contribution in [3.8, 4) is 0 Å². The Morgan fingerprint density at radius 2 is 1.32 bits per heavy atom. The van der Waals surface area contributed by atoms with Crippen LogP contribution in [-0.4, -0.2) is 45.5 Å². The van der Waals surface area contributed by atoms with E-state index in [0.29, 0.717) is 19.8 Å². The van der Waals surface area contributed by atoms with Gasteiger partial charge in [-0.05, 0) is 24.1 Å². The molecule has 2 aromatic rings. The van der Waals surface area contributed by atoms with Crippen LogP contribution in [0.15, 0.2) is 60.7 Å². The second-order valence-corrected chi connectivity index (χ2v) is 15.0. The van der Waals surface area contributed by atoms with Crippen LogP contribution in [0.4, 0.5) is 4.39 Å². The lowest BCUT2D eigenvalue weighted by Gasteiger charge is -2.42. The smallest absolute Gasteiger partial charge is 0.191 e. The van der Waals surface area contributed by atoms with Gasteiger partial charge in [0.1, 0.15) is 12.2 Å². The maximum atomic E-state index is 15.5. The van der Waals surface area contributed by atoms with Crippen molar-refractivity contribution in [2.45, 2.75) is 76.6 Å². The van der Waals surface area contributed by atoms with Crippen molar-refractivity contribution in [2.75, 3.05) is 6.61 Å². The standard InChI is InChI=1S/C25H35FO4Si/c1-19-23(28-17-20-11-7-5-8-12-20)24(29-18-21-13-9-6-10-14-21)22(26)25(30-19)27-15-16-31(2,3)4/h5-14,19,22-25H,15-18H2,1-4H3/t19-,22-,23+,24-,25-/m0/s1. The number of hydrogen-bond donors (Lipinski definition) is 0. The Bertz CT molecular complexity index is 768. The minimum Gasteiger partial charge on any atom is -0.368 e. The van der Waals surface area contributed by atoms with E-state index in [2.05, 4.69) is 19.6 Å². The Balaban J connectivity index is 1.68. The molecule has 0 aromatic heterocycles. The highest BCUT2D eigenvalue weighted by Crippen LogP contribution is 2.30. The van der Waals surface area contributed by atoms with Crippen molar-refractivity contribution in [3.05, 3.63) is 71.8 Å². The van der Waals surface area contributed by atoms with Crippen LogP contribution >= 0.6 is 0 Å². The SMILES string of the molecule is C[C@@H]1O[C@H](OCC[Si](C)(C)C)[C@@H](F)[C@H](OCc2ccccc2)[C@@H]1OCc1ccccc1. The first kappa shape index (κ1) is 24.1. The van der Waals surface area contributed by atoms with E-state index in [9.17, 15) is 0 Å². The molecule has 1 heterocycles. The van der Waals surface area contributed by atoms with Crippen molar-refractivity contribution in [3.63, 3.8) is 0 Å². The molecule has 1 aliphatic heterocycles. The molecule has 0 bridgehead atoms. The fourth-order valence-corrected chi connectivity index (χ4v) is 4.26. The fraction of sp³-hybridized carbons (Fsp3) is 0.520. The van der Waals surface area contributed by atoms with E-state index in [1.165, 1.54) is 0 Å². The highest BCUT2D eigenvalue weighted by atomic mass is 28.3. The van der Waals surface area contributed by atoms with Crippen LogP contribution in [0.1, 0.15) is 18.1 Å². The molecule has 1 saturated heterocycles. The van der Waals surface area contributed by atoms with E-state index in [1.807, 2.05) is 67.6 Å². The normalized spacial score (nSPS) is 26.7. The van der Waals surface area contributed by atoms with E-state index in [4.69, 9.17) is 18.9 Å². The lowest BCUT2D eigenvalue weighted by Crippen LogP contribution is -2.57. The number of rotatable bonds is 10. The molecule has 6 heteroatoms. The average molecular weight is 447 g/mol. The number of halogens is 1. The molecule has 31 heavy (non-hydrogen) atoms. The average Bonchev–Trinajstić information content (AvgIpc) is 2.74. The largest absolute Gasteiger partial charge is 0.368 e. The lowest BCUT2D eigenvalue weighted by molar-refractivity contribution is -0.294. The van der Waals surface area contributed by atoms with Gasteiger partial charge in [0.05, 0.1) is 19.3 Å². The summed E-state index contributed by atoms with van der Waals surface area (Å²) in [7, 11) is -1.28. The minimum absolute atomic E-state index is 0.311. The Hall–Kier alpha value is -1.57. The molecule has 4 nitrogen and oxygen atoms in total. The van der Waals surface area contributed by atoms with E-state index < -0.39 is 32.7 Å². The predicted molar refractivity (Wildman–Crippen MR) is 123 cm³/mol. The van der Waals surface area contributed by atoms with Crippen molar-refractivity contribution in [1.29, 1.82) is 0 Å². The Morgan fingerprint density at radius 3 is 1.84 bits per heavy atom. The second-order valence-electron chi connectivity index (χ2n) is 9.36. The summed E-state index contributed by atoms with van der Waals surface area (Å²) in [6.45, 7) is 9.89. The fourth-order valence-electron chi connectivity index (χ4n) is 3.53. The Kier molecular flexibility index (Phi) is 8.81. The van der Waals surface area contributed by atoms with Crippen LogP contribution in [0.5, 0.6) is 0 Å². The predicted octanol–water partition coefficient (Wildman–Crippen LogP) is 5.59. The third-order valence-corrected chi connectivity index (χ3v) is 7.12. The van der Waals surface area contributed by atoms with Gasteiger partial charge >= 0.3 is 0 Å². The zero-order valence-electron chi connectivity index (χ0n) is 19.0. The summed E-state index contributed by atoms with van der Waals surface area (Å²) >= 11 is 0. The molecule has 0 amide bonds. The molecule has 2 aromatic carbocycles. The minimum atomic E-state index is -1.43. The summed E-state index contributed by atoms with van der Waals surface area (Å²) in [4.78, 5) is 0. The molecule has 5 atom stereocenters. The summed E-state index contributed by atoms with van der Waals surface area (Å²) in [5.41, 5.74) is 2.02. The van der Waals surface area contributed by atoms with Crippen LogP contribution in [-0.2, 0) is 32.2 Å². The third-order valence-electron chi connectivity index (χ3n) is 5.41. The first-order valence-corrected chi connectivity index (χ1v) is 14.8. The van der Waals surface area contributed by atoms with Gasteiger partial charge in [0.2, 0.25) is 0 Å². The molecule has 0 N–H and O–H groups in total. The van der Waals surface area contributed by atoms with Crippen LogP contribution < -0.4 is 0 Å². The number of alkyl halides is 1. The van der Waals surface area contributed by atoms with E-state index >= 15 is 4.39 Å². The molecule has 1 aliphatic rings. The molecular weight excluding hydrogens is 411 g/mol. The van der Waals surface area contributed by atoms with Gasteiger partial charge in [-0.2, -0.15) is 0 Å². The van der Waals surface area contributed by atoms with Gasteiger partial charge in [0, 0.05) is 14.7 Å². The summed E-state index contributed by atoms with van der Waals surface area (Å²) in [5, 5.41) is 0. The summed E-state index contributed by atoms with van der Waals surface area (Å²) < 4.78 is 39.5. The molecule has 0 aliphatic carbocycles. The van der Waals surface area contributed by atoms with Gasteiger partial charge in [-0.3, -0.25) is 0 Å². The summed E-state index contributed by atoms with van der Waals surface area (Å²) in [6, 6.07) is 20.6. The van der Waals surface area contributed by atoms with Crippen LogP contribution in [0.25, 0.3) is 0 Å². The Morgan fingerprint density at radius 1 is 0.806 bits per heavy atom. The topological polar surface area (TPSA) is 36.9 Å². The van der Waals surface area contributed by atoms with Crippen LogP contribution in [0.3, 0.4) is 0 Å². The Labute approximate surface area is 186 Å². The third kappa shape index (κ3) is 7.51. The van der Waals surface area contributed by atoms with Gasteiger partial charge in [-0.25, -0.2) is 4.39 Å². The van der Waals surface area contributed by atoms with Crippen LogP contribution in [0, 0.1) is 0 Å². The molecule has 0 spiro atoms. The van der Waals surface area contributed by atoms with Gasteiger partial charge in [0.25, 0.3) is 0 Å². The van der Waals surface area contributed by atoms with E-state index in [0.717, 1.165) is 17.2 Å². The molecule has 3 rings (SSSR count). The van der Waals surface area contributed by atoms with Gasteiger partial charge in [0.15, 0.2) is 12.5 Å². The van der Waals surface area contributed by atoms with Crippen molar-refractivity contribution < 1.29 is 23.3 Å². The van der Waals surface area contributed by atoms with E-state index in [-0.39, 0.29) is 6.10 Å². The van der Waals surface area contributed by atoms with Crippen molar-refractivity contribution >= 4 is 8.07 Å². The number of hydrogen-bond acceptors (Lipinski definition) is 4. The molecule has 0 unspecified atom stereocenters. The zero-order chi connectivity index (χ0) is 22.3. The quantitative estimate of drug-likeness (QED) is 0.446. The number of ether oxygens (including phenoxy) is 4. The lowest BCUT2D eigenvalue weighted by atomic mass is 10.00.